The van der Waals surface area contributed by atoms with Crippen LogP contribution in [0.2, 0.25) is 0 Å². The maximum atomic E-state index is 11.2. The number of esters is 1. The van der Waals surface area contributed by atoms with E-state index in [1.54, 1.807) is 4.68 Å². The van der Waals surface area contributed by atoms with Gasteiger partial charge in [0.2, 0.25) is 0 Å². The first-order valence-corrected chi connectivity index (χ1v) is 4.87. The summed E-state index contributed by atoms with van der Waals surface area (Å²) >= 11 is 0. The summed E-state index contributed by atoms with van der Waals surface area (Å²) in [5, 5.41) is 4.22. The van der Waals surface area contributed by atoms with Crippen molar-refractivity contribution in [3.05, 3.63) is 18.0 Å². The summed E-state index contributed by atoms with van der Waals surface area (Å²) in [6, 6.07) is 1.83. The fourth-order valence-corrected chi connectivity index (χ4v) is 1.41. The minimum absolute atomic E-state index is 0.150. The van der Waals surface area contributed by atoms with Gasteiger partial charge in [0.1, 0.15) is 0 Å². The summed E-state index contributed by atoms with van der Waals surface area (Å²) in [4.78, 5) is 11.2. The van der Waals surface area contributed by atoms with E-state index in [1.807, 2.05) is 26.2 Å². The smallest absolute Gasteiger partial charge is 0.307 e. The second-order valence-electron chi connectivity index (χ2n) is 3.64. The number of rotatable bonds is 4. The quantitative estimate of drug-likeness (QED) is 0.738. The molecule has 1 atom stereocenters. The van der Waals surface area contributed by atoms with E-state index in [9.17, 15) is 4.79 Å². The largest absolute Gasteiger partial charge is 0.469 e. The van der Waals surface area contributed by atoms with Crippen LogP contribution in [-0.4, -0.2) is 22.9 Å². The fraction of sp³-hybridized carbons (Fsp3) is 0.600. The Morgan fingerprint density at radius 2 is 2.40 bits per heavy atom. The molecule has 0 aliphatic rings. The predicted octanol–water partition coefficient (Wildman–Crippen LogP) is 0.547. The van der Waals surface area contributed by atoms with Gasteiger partial charge in [0, 0.05) is 13.2 Å². The third kappa shape index (κ3) is 2.56. The third-order valence-corrected chi connectivity index (χ3v) is 2.54. The number of hydrogen-bond donors (Lipinski definition) is 1. The van der Waals surface area contributed by atoms with Gasteiger partial charge in [-0.25, -0.2) is 0 Å². The van der Waals surface area contributed by atoms with Crippen LogP contribution in [0.3, 0.4) is 0 Å². The van der Waals surface area contributed by atoms with E-state index in [4.69, 9.17) is 5.73 Å². The monoisotopic (exact) mass is 211 g/mol. The van der Waals surface area contributed by atoms with Crippen LogP contribution in [0.15, 0.2) is 12.3 Å². The Kier molecular flexibility index (Phi) is 3.47. The Hall–Kier alpha value is -1.36. The standard InChI is InChI=1S/C10H17N3O2/c1-4-10(11,7-9(14)15-3)8-5-6-13(2)12-8/h5-6H,4,7,11H2,1-3H3. The fourth-order valence-electron chi connectivity index (χ4n) is 1.41. The number of ether oxygens (including phenoxy) is 1. The number of methoxy groups -OCH3 is 1. The van der Waals surface area contributed by atoms with E-state index >= 15 is 0 Å². The van der Waals surface area contributed by atoms with Crippen molar-refractivity contribution < 1.29 is 9.53 Å². The molecule has 0 aromatic carbocycles. The van der Waals surface area contributed by atoms with Crippen LogP contribution < -0.4 is 5.73 Å². The molecule has 1 aromatic heterocycles. The molecular formula is C10H17N3O2. The molecule has 5 heteroatoms. The van der Waals surface area contributed by atoms with Crippen LogP contribution in [-0.2, 0) is 22.1 Å². The van der Waals surface area contributed by atoms with E-state index in [2.05, 4.69) is 9.84 Å². The second-order valence-corrected chi connectivity index (χ2v) is 3.64. The zero-order chi connectivity index (χ0) is 11.5. The van der Waals surface area contributed by atoms with Gasteiger partial charge in [-0.3, -0.25) is 9.48 Å². The Bertz CT molecular complexity index is 348. The average Bonchev–Trinajstić information content (AvgIpc) is 2.65. The topological polar surface area (TPSA) is 70.1 Å². The molecule has 1 heterocycles. The zero-order valence-corrected chi connectivity index (χ0v) is 9.36. The highest BCUT2D eigenvalue weighted by molar-refractivity contribution is 5.71. The molecule has 0 aliphatic heterocycles. The van der Waals surface area contributed by atoms with Gasteiger partial charge in [0.25, 0.3) is 0 Å². The van der Waals surface area contributed by atoms with Crippen molar-refractivity contribution in [1.82, 2.24) is 9.78 Å². The van der Waals surface area contributed by atoms with Gasteiger partial charge in [-0.1, -0.05) is 6.92 Å². The lowest BCUT2D eigenvalue weighted by Crippen LogP contribution is -2.39. The molecule has 1 aromatic rings. The molecule has 15 heavy (non-hydrogen) atoms. The molecule has 1 rings (SSSR count). The van der Waals surface area contributed by atoms with Gasteiger partial charge < -0.3 is 10.5 Å². The molecule has 5 nitrogen and oxygen atoms in total. The Morgan fingerprint density at radius 3 is 2.80 bits per heavy atom. The molecule has 84 valence electrons. The molecule has 0 radical (unpaired) electrons. The molecule has 0 saturated carbocycles. The van der Waals surface area contributed by atoms with Crippen LogP contribution in [0, 0.1) is 0 Å². The summed E-state index contributed by atoms with van der Waals surface area (Å²) in [7, 11) is 3.18. The van der Waals surface area contributed by atoms with Gasteiger partial charge in [0.05, 0.1) is 24.8 Å². The number of aryl methyl sites for hydroxylation is 1. The minimum atomic E-state index is -0.728. The molecular weight excluding hydrogens is 194 g/mol. The van der Waals surface area contributed by atoms with Crippen molar-refractivity contribution in [2.24, 2.45) is 12.8 Å². The molecule has 0 aliphatic carbocycles. The highest BCUT2D eigenvalue weighted by Crippen LogP contribution is 2.24. The van der Waals surface area contributed by atoms with Crippen LogP contribution in [0.1, 0.15) is 25.5 Å². The molecule has 0 spiro atoms. The maximum absolute atomic E-state index is 11.2. The predicted molar refractivity (Wildman–Crippen MR) is 56.0 cm³/mol. The van der Waals surface area contributed by atoms with Gasteiger partial charge >= 0.3 is 5.97 Å². The van der Waals surface area contributed by atoms with E-state index in [0.717, 1.165) is 5.69 Å². The summed E-state index contributed by atoms with van der Waals surface area (Å²) < 4.78 is 6.29. The second kappa shape index (κ2) is 4.44. The first-order chi connectivity index (χ1) is 7.01. The van der Waals surface area contributed by atoms with Crippen LogP contribution >= 0.6 is 0 Å². The zero-order valence-electron chi connectivity index (χ0n) is 9.36. The number of aromatic nitrogens is 2. The summed E-state index contributed by atoms with van der Waals surface area (Å²) in [6.07, 6.45) is 2.60. The van der Waals surface area contributed by atoms with Crippen LogP contribution in [0.4, 0.5) is 0 Å². The molecule has 0 bridgehead atoms. The number of hydrogen-bond acceptors (Lipinski definition) is 4. The van der Waals surface area contributed by atoms with E-state index in [1.165, 1.54) is 7.11 Å². The summed E-state index contributed by atoms with van der Waals surface area (Å²) in [6.45, 7) is 1.93. The van der Waals surface area contributed by atoms with Gasteiger partial charge in [-0.15, -0.1) is 0 Å². The van der Waals surface area contributed by atoms with E-state index in [-0.39, 0.29) is 12.4 Å². The number of nitrogens with zero attached hydrogens (tertiary/aromatic N) is 2. The number of carbonyl (C=O) groups excluding carboxylic acids is 1. The molecule has 0 amide bonds. The van der Waals surface area contributed by atoms with Crippen molar-refractivity contribution in [2.45, 2.75) is 25.3 Å². The van der Waals surface area contributed by atoms with Crippen molar-refractivity contribution in [3.8, 4) is 0 Å². The van der Waals surface area contributed by atoms with E-state index in [0.29, 0.717) is 6.42 Å². The molecule has 0 saturated heterocycles. The highest BCUT2D eigenvalue weighted by atomic mass is 16.5. The molecule has 1 unspecified atom stereocenters. The lowest BCUT2D eigenvalue weighted by atomic mass is 9.90. The van der Waals surface area contributed by atoms with Crippen molar-refractivity contribution in [2.75, 3.05) is 7.11 Å². The summed E-state index contributed by atoms with van der Waals surface area (Å²) in [5.41, 5.74) is 6.12. The van der Waals surface area contributed by atoms with Crippen molar-refractivity contribution in [3.63, 3.8) is 0 Å². The Morgan fingerprint density at radius 1 is 1.73 bits per heavy atom. The molecule has 0 fully saturated rings. The lowest BCUT2D eigenvalue weighted by Gasteiger charge is -2.24. The Balaban J connectivity index is 2.89. The first kappa shape index (κ1) is 11.7. The lowest BCUT2D eigenvalue weighted by molar-refractivity contribution is -0.142. The van der Waals surface area contributed by atoms with Crippen LogP contribution in [0.5, 0.6) is 0 Å². The first-order valence-electron chi connectivity index (χ1n) is 4.87. The molecule has 2 N–H and O–H groups in total. The minimum Gasteiger partial charge on any atom is -0.469 e. The highest BCUT2D eigenvalue weighted by Gasteiger charge is 2.31. The van der Waals surface area contributed by atoms with E-state index < -0.39 is 5.54 Å². The van der Waals surface area contributed by atoms with Gasteiger partial charge in [-0.05, 0) is 12.5 Å². The summed E-state index contributed by atoms with van der Waals surface area (Å²) in [5.74, 6) is -0.315. The van der Waals surface area contributed by atoms with Crippen LogP contribution in [0.25, 0.3) is 0 Å². The van der Waals surface area contributed by atoms with Gasteiger partial charge in [0.15, 0.2) is 0 Å². The van der Waals surface area contributed by atoms with Crippen molar-refractivity contribution >= 4 is 5.97 Å². The average molecular weight is 211 g/mol. The van der Waals surface area contributed by atoms with Crippen molar-refractivity contribution in [1.29, 1.82) is 0 Å². The SMILES string of the molecule is CCC(N)(CC(=O)OC)c1ccn(C)n1. The maximum Gasteiger partial charge on any atom is 0.307 e. The normalized spacial score (nSPS) is 14.7. The van der Waals surface area contributed by atoms with Gasteiger partial charge in [-0.2, -0.15) is 5.10 Å². The Labute approximate surface area is 89.2 Å². The number of carbonyl (C=O) groups is 1. The third-order valence-electron chi connectivity index (χ3n) is 2.54. The number of nitrogens with two attached hydrogens (primary N) is 1.